The molecule has 23 heavy (non-hydrogen) atoms. The first-order valence-corrected chi connectivity index (χ1v) is 9.15. The van der Waals surface area contributed by atoms with Gasteiger partial charge in [-0.15, -0.1) is 0 Å². The molecule has 0 heterocycles. The molecule has 0 N–H and O–H groups in total. The van der Waals surface area contributed by atoms with Crippen molar-refractivity contribution in [3.8, 4) is 0 Å². The Morgan fingerprint density at radius 3 is 0.957 bits per heavy atom. The van der Waals surface area contributed by atoms with Crippen molar-refractivity contribution in [2.75, 3.05) is 0 Å². The Hall–Kier alpha value is -1.82. The lowest BCUT2D eigenvalue weighted by Crippen LogP contribution is -1.70. The standard InChI is InChI=1S/C14H12.C3H8.3C2H6/c1-3-7-13(8-4-1)11-12-14-9-5-2-6-10-14;1-3-2;3*1-2/h1-12H;3H2,1-2H3;3*1-2H3/b12-11+;;;;. The second-order valence-corrected chi connectivity index (χ2v) is 3.86. The Morgan fingerprint density at radius 1 is 0.522 bits per heavy atom. The van der Waals surface area contributed by atoms with Crippen molar-refractivity contribution in [1.29, 1.82) is 0 Å². The summed E-state index contributed by atoms with van der Waals surface area (Å²) in [5.74, 6) is 0. The maximum atomic E-state index is 2.12. The van der Waals surface area contributed by atoms with Crippen LogP contribution in [-0.2, 0) is 0 Å². The molecule has 2 aromatic rings. The molecule has 130 valence electrons. The van der Waals surface area contributed by atoms with E-state index in [4.69, 9.17) is 0 Å². The van der Waals surface area contributed by atoms with Crippen molar-refractivity contribution in [3.05, 3.63) is 71.8 Å². The van der Waals surface area contributed by atoms with Gasteiger partial charge >= 0.3 is 0 Å². The summed E-state index contributed by atoms with van der Waals surface area (Å²) >= 11 is 0. The van der Waals surface area contributed by atoms with Gasteiger partial charge in [0.05, 0.1) is 0 Å². The minimum absolute atomic E-state index is 1.23. The summed E-state index contributed by atoms with van der Waals surface area (Å²) in [4.78, 5) is 0. The van der Waals surface area contributed by atoms with Crippen LogP contribution < -0.4 is 0 Å². The van der Waals surface area contributed by atoms with Crippen molar-refractivity contribution >= 4 is 12.2 Å². The number of rotatable bonds is 2. The van der Waals surface area contributed by atoms with E-state index in [1.807, 2.05) is 77.9 Å². The quantitative estimate of drug-likeness (QED) is 0.488. The van der Waals surface area contributed by atoms with Crippen molar-refractivity contribution < 1.29 is 0 Å². The van der Waals surface area contributed by atoms with Crippen LogP contribution in [0.5, 0.6) is 0 Å². The van der Waals surface area contributed by atoms with Crippen molar-refractivity contribution in [1.82, 2.24) is 0 Å². The predicted octanol–water partition coefficient (Wildman–Crippen LogP) is 8.35. The maximum absolute atomic E-state index is 2.12. The molecule has 0 amide bonds. The van der Waals surface area contributed by atoms with Crippen LogP contribution in [0.3, 0.4) is 0 Å². The second-order valence-electron chi connectivity index (χ2n) is 3.86. The van der Waals surface area contributed by atoms with E-state index in [0.29, 0.717) is 0 Å². The van der Waals surface area contributed by atoms with Gasteiger partial charge in [-0.3, -0.25) is 0 Å². The smallest absolute Gasteiger partial charge is 0.0256 e. The Bertz CT molecular complexity index is 371. The lowest BCUT2D eigenvalue weighted by Gasteiger charge is -1.92. The van der Waals surface area contributed by atoms with Gasteiger partial charge in [-0.2, -0.15) is 0 Å². The third-order valence-corrected chi connectivity index (χ3v) is 2.07. The Morgan fingerprint density at radius 2 is 0.739 bits per heavy atom. The molecule has 0 bridgehead atoms. The molecule has 0 aromatic heterocycles. The fourth-order valence-electron chi connectivity index (χ4n) is 1.32. The molecule has 0 spiro atoms. The van der Waals surface area contributed by atoms with Crippen LogP contribution in [-0.4, -0.2) is 0 Å². The van der Waals surface area contributed by atoms with Crippen LogP contribution in [0.2, 0.25) is 0 Å². The normalized spacial score (nSPS) is 8.00. The summed E-state index contributed by atoms with van der Waals surface area (Å²) in [6.07, 6.45) is 5.49. The third kappa shape index (κ3) is 18.1. The third-order valence-electron chi connectivity index (χ3n) is 2.07. The average Bonchev–Trinajstić information content (AvgIpc) is 2.67. The van der Waals surface area contributed by atoms with E-state index in [2.05, 4.69) is 50.3 Å². The lowest BCUT2D eigenvalue weighted by molar-refractivity contribution is 1.09. The molecular weight excluding hydrogens is 276 g/mol. The summed E-state index contributed by atoms with van der Waals surface area (Å²) < 4.78 is 0. The SMILES string of the molecule is C(=C\c1ccccc1)/c1ccccc1.CC.CC.CC.CCC. The molecule has 0 saturated carbocycles. The monoisotopic (exact) mass is 314 g/mol. The van der Waals surface area contributed by atoms with Crippen molar-refractivity contribution in [3.63, 3.8) is 0 Å². The van der Waals surface area contributed by atoms with E-state index in [1.54, 1.807) is 0 Å². The van der Waals surface area contributed by atoms with E-state index >= 15 is 0 Å². The highest BCUT2D eigenvalue weighted by Gasteiger charge is 1.84. The molecular formula is C23H38. The fourth-order valence-corrected chi connectivity index (χ4v) is 1.32. The summed E-state index contributed by atoms with van der Waals surface area (Å²) in [7, 11) is 0. The number of hydrogen-bond donors (Lipinski definition) is 0. The lowest BCUT2D eigenvalue weighted by atomic mass is 10.1. The van der Waals surface area contributed by atoms with Crippen LogP contribution in [0.15, 0.2) is 60.7 Å². The van der Waals surface area contributed by atoms with Gasteiger partial charge in [0.1, 0.15) is 0 Å². The summed E-state index contributed by atoms with van der Waals surface area (Å²) in [5, 5.41) is 0. The first-order chi connectivity index (χ1) is 11.4. The van der Waals surface area contributed by atoms with E-state index in [-0.39, 0.29) is 0 Å². The minimum Gasteiger partial charge on any atom is -0.0683 e. The van der Waals surface area contributed by atoms with Gasteiger partial charge < -0.3 is 0 Å². The molecule has 0 radical (unpaired) electrons. The molecule has 2 aromatic carbocycles. The Labute approximate surface area is 146 Å². The van der Waals surface area contributed by atoms with Gasteiger partial charge in [-0.1, -0.05) is 135 Å². The van der Waals surface area contributed by atoms with E-state index in [9.17, 15) is 0 Å². The van der Waals surface area contributed by atoms with Gasteiger partial charge in [0, 0.05) is 0 Å². The first kappa shape index (κ1) is 26.1. The molecule has 0 aliphatic rings. The summed E-state index contributed by atoms with van der Waals surface area (Å²) in [6.45, 7) is 16.2. The topological polar surface area (TPSA) is 0 Å². The van der Waals surface area contributed by atoms with Gasteiger partial charge in [-0.25, -0.2) is 0 Å². The minimum atomic E-state index is 1.23. The number of hydrogen-bond acceptors (Lipinski definition) is 0. The molecule has 0 unspecified atom stereocenters. The van der Waals surface area contributed by atoms with Crippen LogP contribution in [0.4, 0.5) is 0 Å². The fraction of sp³-hybridized carbons (Fsp3) is 0.391. The van der Waals surface area contributed by atoms with Crippen LogP contribution in [0.1, 0.15) is 72.9 Å². The zero-order chi connectivity index (χ0) is 18.3. The van der Waals surface area contributed by atoms with Crippen LogP contribution in [0.25, 0.3) is 12.2 Å². The molecule has 0 aliphatic heterocycles. The molecule has 0 aliphatic carbocycles. The molecule has 2 rings (SSSR count). The van der Waals surface area contributed by atoms with E-state index in [1.165, 1.54) is 17.5 Å². The largest absolute Gasteiger partial charge is 0.0683 e. The highest BCUT2D eigenvalue weighted by molar-refractivity contribution is 5.69. The van der Waals surface area contributed by atoms with Gasteiger partial charge in [0.2, 0.25) is 0 Å². The van der Waals surface area contributed by atoms with E-state index < -0.39 is 0 Å². The molecule has 0 nitrogen and oxygen atoms in total. The summed E-state index contributed by atoms with van der Waals surface area (Å²) in [6, 6.07) is 20.6. The second kappa shape index (κ2) is 25.2. The molecule has 0 atom stereocenters. The van der Waals surface area contributed by atoms with Crippen molar-refractivity contribution in [2.24, 2.45) is 0 Å². The zero-order valence-corrected chi connectivity index (χ0v) is 16.6. The highest BCUT2D eigenvalue weighted by atomic mass is 13.9. The Balaban J connectivity index is -0.000000382. The van der Waals surface area contributed by atoms with Crippen molar-refractivity contribution in [2.45, 2.75) is 61.8 Å². The first-order valence-electron chi connectivity index (χ1n) is 9.15. The average molecular weight is 315 g/mol. The highest BCUT2D eigenvalue weighted by Crippen LogP contribution is 2.06. The number of benzene rings is 2. The summed E-state index contributed by atoms with van der Waals surface area (Å²) in [5.41, 5.74) is 2.47. The van der Waals surface area contributed by atoms with E-state index in [0.717, 1.165) is 0 Å². The van der Waals surface area contributed by atoms with Gasteiger partial charge in [0.25, 0.3) is 0 Å². The predicted molar refractivity (Wildman–Crippen MR) is 112 cm³/mol. The van der Waals surface area contributed by atoms with Gasteiger partial charge in [-0.05, 0) is 11.1 Å². The zero-order valence-electron chi connectivity index (χ0n) is 16.6. The van der Waals surface area contributed by atoms with Gasteiger partial charge in [0.15, 0.2) is 0 Å². The van der Waals surface area contributed by atoms with Crippen LogP contribution in [0, 0.1) is 0 Å². The maximum Gasteiger partial charge on any atom is -0.0256 e. The molecule has 0 fully saturated rings. The molecule has 0 saturated heterocycles. The van der Waals surface area contributed by atoms with Crippen LogP contribution >= 0.6 is 0 Å². The Kier molecular flexibility index (Phi) is 28.5. The molecule has 0 heteroatoms.